The Morgan fingerprint density at radius 1 is 0.714 bits per heavy atom. The SMILES string of the molecule is C.C.C.C.Cc1ccc(CC2CCC(CC3CCC(C)CC3)CC2)c(F)c1F. The van der Waals surface area contributed by atoms with Gasteiger partial charge in [-0.15, -0.1) is 0 Å². The Labute approximate surface area is 175 Å². The smallest absolute Gasteiger partial charge is 0.162 e. The number of rotatable bonds is 4. The molecule has 2 heteroatoms. The first-order valence-electron chi connectivity index (χ1n) is 9.96. The molecule has 2 aliphatic carbocycles. The predicted octanol–water partition coefficient (Wildman–Crippen LogP) is 9.38. The van der Waals surface area contributed by atoms with Crippen LogP contribution >= 0.6 is 0 Å². The van der Waals surface area contributed by atoms with Crippen LogP contribution in [-0.4, -0.2) is 0 Å². The molecule has 0 aromatic heterocycles. The van der Waals surface area contributed by atoms with Crippen molar-refractivity contribution in [1.29, 1.82) is 0 Å². The monoisotopic (exact) mass is 398 g/mol. The second-order valence-electron chi connectivity index (χ2n) is 8.62. The third-order valence-corrected chi connectivity index (χ3v) is 6.63. The summed E-state index contributed by atoms with van der Waals surface area (Å²) in [5, 5.41) is 0. The molecule has 2 saturated carbocycles. The molecule has 0 unspecified atom stereocenters. The summed E-state index contributed by atoms with van der Waals surface area (Å²) in [6, 6.07) is 3.49. The minimum Gasteiger partial charge on any atom is -0.203 e. The Hall–Kier alpha value is -0.920. The molecule has 166 valence electrons. The van der Waals surface area contributed by atoms with Crippen LogP contribution in [0.2, 0.25) is 0 Å². The Kier molecular flexibility index (Phi) is 13.9. The van der Waals surface area contributed by atoms with E-state index in [1.165, 1.54) is 57.8 Å². The van der Waals surface area contributed by atoms with E-state index in [0.29, 0.717) is 23.5 Å². The molecule has 0 bridgehead atoms. The van der Waals surface area contributed by atoms with E-state index in [-0.39, 0.29) is 29.7 Å². The van der Waals surface area contributed by atoms with Gasteiger partial charge in [-0.2, -0.15) is 0 Å². The van der Waals surface area contributed by atoms with Gasteiger partial charge in [-0.25, -0.2) is 8.78 Å². The molecule has 0 radical (unpaired) electrons. The molecule has 1 aromatic rings. The Bertz CT molecular complexity index is 536. The molecule has 0 N–H and O–H groups in total. The van der Waals surface area contributed by atoms with Gasteiger partial charge in [0, 0.05) is 0 Å². The molecular weight excluding hydrogens is 350 g/mol. The van der Waals surface area contributed by atoms with E-state index in [9.17, 15) is 8.78 Å². The summed E-state index contributed by atoms with van der Waals surface area (Å²) >= 11 is 0. The molecule has 0 nitrogen and oxygen atoms in total. The molecule has 2 fully saturated rings. The highest BCUT2D eigenvalue weighted by Crippen LogP contribution is 2.39. The summed E-state index contributed by atoms with van der Waals surface area (Å²) in [7, 11) is 0. The first-order chi connectivity index (χ1) is 11.5. The van der Waals surface area contributed by atoms with Crippen LogP contribution in [0.1, 0.15) is 106 Å². The molecule has 0 spiro atoms. The van der Waals surface area contributed by atoms with Gasteiger partial charge in [0.25, 0.3) is 0 Å². The molecule has 0 saturated heterocycles. The van der Waals surface area contributed by atoms with Crippen molar-refractivity contribution in [3.05, 3.63) is 34.9 Å². The summed E-state index contributed by atoms with van der Waals surface area (Å²) < 4.78 is 27.8. The van der Waals surface area contributed by atoms with Crippen LogP contribution in [0, 0.1) is 42.2 Å². The Balaban J connectivity index is 0. The standard InChI is InChI=1S/C22H32F2.4CH4/c1-15-3-6-17(7-4-15)13-18-8-10-19(11-9-18)14-20-12-5-16(2)21(23)22(20)24;;;;/h5,12,15,17-19H,3-4,6-11,13-14H2,1-2H3;4*1H4. The van der Waals surface area contributed by atoms with Crippen LogP contribution in [0.15, 0.2) is 12.1 Å². The van der Waals surface area contributed by atoms with E-state index in [0.717, 1.165) is 17.8 Å². The molecule has 0 amide bonds. The maximum Gasteiger partial charge on any atom is 0.162 e. The normalized spacial score (nSPS) is 26.7. The average molecular weight is 399 g/mol. The fraction of sp³-hybridized carbons (Fsp3) is 0.769. The van der Waals surface area contributed by atoms with Crippen molar-refractivity contribution in [1.82, 2.24) is 0 Å². The van der Waals surface area contributed by atoms with Crippen LogP contribution < -0.4 is 0 Å². The zero-order valence-corrected chi connectivity index (χ0v) is 15.3. The van der Waals surface area contributed by atoms with Gasteiger partial charge in [0.2, 0.25) is 0 Å². The maximum absolute atomic E-state index is 14.1. The highest BCUT2D eigenvalue weighted by atomic mass is 19.2. The van der Waals surface area contributed by atoms with Crippen LogP contribution in [0.25, 0.3) is 0 Å². The lowest BCUT2D eigenvalue weighted by Gasteiger charge is -2.33. The molecule has 3 rings (SSSR count). The number of aryl methyl sites for hydroxylation is 1. The molecule has 28 heavy (non-hydrogen) atoms. The van der Waals surface area contributed by atoms with Gasteiger partial charge in [0.15, 0.2) is 11.6 Å². The molecule has 0 heterocycles. The van der Waals surface area contributed by atoms with Gasteiger partial charge in [0.1, 0.15) is 0 Å². The second-order valence-corrected chi connectivity index (χ2v) is 8.62. The van der Waals surface area contributed by atoms with Gasteiger partial charge < -0.3 is 0 Å². The van der Waals surface area contributed by atoms with E-state index in [2.05, 4.69) is 6.92 Å². The minimum atomic E-state index is -0.660. The van der Waals surface area contributed by atoms with Gasteiger partial charge in [-0.05, 0) is 67.4 Å². The van der Waals surface area contributed by atoms with E-state index < -0.39 is 11.6 Å². The lowest BCUT2D eigenvalue weighted by atomic mass is 9.72. The molecule has 2 aliphatic rings. The van der Waals surface area contributed by atoms with Crippen molar-refractivity contribution < 1.29 is 8.78 Å². The summed E-state index contributed by atoms with van der Waals surface area (Å²) in [6.45, 7) is 4.01. The van der Waals surface area contributed by atoms with Crippen molar-refractivity contribution in [2.45, 2.75) is 108 Å². The number of hydrogen-bond acceptors (Lipinski definition) is 0. The third-order valence-electron chi connectivity index (χ3n) is 6.63. The van der Waals surface area contributed by atoms with Crippen LogP contribution in [0.3, 0.4) is 0 Å². The summed E-state index contributed by atoms with van der Waals surface area (Å²) in [5.74, 6) is 2.01. The van der Waals surface area contributed by atoms with Crippen molar-refractivity contribution in [3.8, 4) is 0 Å². The topological polar surface area (TPSA) is 0 Å². The quantitative estimate of drug-likeness (QED) is 0.474. The average Bonchev–Trinajstić information content (AvgIpc) is 2.59. The summed E-state index contributed by atoms with van der Waals surface area (Å²) in [4.78, 5) is 0. The van der Waals surface area contributed by atoms with E-state index in [1.807, 2.05) is 0 Å². The van der Waals surface area contributed by atoms with Gasteiger partial charge >= 0.3 is 0 Å². The van der Waals surface area contributed by atoms with Crippen molar-refractivity contribution >= 4 is 0 Å². The first kappa shape index (κ1) is 29.3. The zero-order chi connectivity index (χ0) is 17.1. The van der Waals surface area contributed by atoms with Crippen molar-refractivity contribution in [3.63, 3.8) is 0 Å². The minimum absolute atomic E-state index is 0. The molecule has 1 aromatic carbocycles. The number of hydrogen-bond donors (Lipinski definition) is 0. The molecule has 0 aliphatic heterocycles. The number of halogens is 2. The van der Waals surface area contributed by atoms with E-state index >= 15 is 0 Å². The highest BCUT2D eigenvalue weighted by Gasteiger charge is 2.26. The van der Waals surface area contributed by atoms with Crippen LogP contribution in [-0.2, 0) is 6.42 Å². The summed E-state index contributed by atoms with van der Waals surface area (Å²) in [6.07, 6.45) is 12.7. The number of benzene rings is 1. The lowest BCUT2D eigenvalue weighted by Crippen LogP contribution is -2.21. The molecular formula is C26H48F2. The predicted molar refractivity (Wildman–Crippen MR) is 123 cm³/mol. The second kappa shape index (κ2) is 13.3. The van der Waals surface area contributed by atoms with Crippen LogP contribution in [0.4, 0.5) is 8.78 Å². The van der Waals surface area contributed by atoms with E-state index in [1.54, 1.807) is 19.1 Å². The highest BCUT2D eigenvalue weighted by molar-refractivity contribution is 5.25. The maximum atomic E-state index is 14.1. The first-order valence-corrected chi connectivity index (χ1v) is 9.96. The molecule has 0 atom stereocenters. The van der Waals surface area contributed by atoms with Gasteiger partial charge in [-0.3, -0.25) is 0 Å². The Morgan fingerprint density at radius 2 is 1.18 bits per heavy atom. The summed E-state index contributed by atoms with van der Waals surface area (Å²) in [5.41, 5.74) is 0.976. The largest absolute Gasteiger partial charge is 0.203 e. The third kappa shape index (κ3) is 7.48. The van der Waals surface area contributed by atoms with E-state index in [4.69, 9.17) is 0 Å². The fourth-order valence-corrected chi connectivity index (χ4v) is 4.86. The van der Waals surface area contributed by atoms with Gasteiger partial charge in [-0.1, -0.05) is 87.3 Å². The lowest BCUT2D eigenvalue weighted by molar-refractivity contribution is 0.195. The zero-order valence-electron chi connectivity index (χ0n) is 15.3. The van der Waals surface area contributed by atoms with Crippen molar-refractivity contribution in [2.24, 2.45) is 23.7 Å². The van der Waals surface area contributed by atoms with Gasteiger partial charge in [0.05, 0.1) is 0 Å². The van der Waals surface area contributed by atoms with Crippen LogP contribution in [0.5, 0.6) is 0 Å². The fourth-order valence-electron chi connectivity index (χ4n) is 4.86. The van der Waals surface area contributed by atoms with Crippen molar-refractivity contribution in [2.75, 3.05) is 0 Å². The Morgan fingerprint density at radius 3 is 1.71 bits per heavy atom.